The first kappa shape index (κ1) is 19.0. The highest BCUT2D eigenvalue weighted by atomic mass is 16.5. The van der Waals surface area contributed by atoms with Gasteiger partial charge in [0, 0.05) is 13.0 Å². The molecule has 4 heteroatoms. The van der Waals surface area contributed by atoms with Gasteiger partial charge in [-0.25, -0.2) is 4.79 Å². The van der Waals surface area contributed by atoms with E-state index in [1.165, 1.54) is 13.0 Å². The van der Waals surface area contributed by atoms with Crippen LogP contribution in [0.25, 0.3) is 0 Å². The second-order valence-electron chi connectivity index (χ2n) is 4.72. The number of esters is 2. The summed E-state index contributed by atoms with van der Waals surface area (Å²) in [5.74, 6) is 0.406. The molecule has 0 aliphatic heterocycles. The van der Waals surface area contributed by atoms with Crippen LogP contribution in [0.3, 0.4) is 0 Å². The van der Waals surface area contributed by atoms with Gasteiger partial charge in [-0.15, -0.1) is 0 Å². The normalized spacial score (nSPS) is 10.2. The molecule has 0 aromatic rings. The molecule has 0 unspecified atom stereocenters. The summed E-state index contributed by atoms with van der Waals surface area (Å²) in [6.07, 6.45) is 3.09. The Morgan fingerprint density at radius 1 is 1.00 bits per heavy atom. The summed E-state index contributed by atoms with van der Waals surface area (Å²) in [6, 6.07) is 0. The van der Waals surface area contributed by atoms with Gasteiger partial charge in [0.1, 0.15) is 0 Å². The van der Waals surface area contributed by atoms with Crippen molar-refractivity contribution in [2.24, 2.45) is 11.8 Å². The molecule has 0 N–H and O–H groups in total. The molecule has 0 aromatic carbocycles. The number of hydrogen-bond acceptors (Lipinski definition) is 4. The van der Waals surface area contributed by atoms with E-state index in [0.717, 1.165) is 0 Å². The number of rotatable bonds is 5. The van der Waals surface area contributed by atoms with Crippen LogP contribution in [0.15, 0.2) is 12.2 Å². The Balaban J connectivity index is 0. The van der Waals surface area contributed by atoms with Gasteiger partial charge in [0.05, 0.1) is 13.2 Å². The van der Waals surface area contributed by atoms with Crippen molar-refractivity contribution in [1.29, 1.82) is 0 Å². The molecule has 0 saturated carbocycles. The van der Waals surface area contributed by atoms with Gasteiger partial charge in [0.25, 0.3) is 0 Å². The molecule has 4 nitrogen and oxygen atoms in total. The minimum Gasteiger partial charge on any atom is -0.466 e. The molecule has 0 fully saturated rings. The van der Waals surface area contributed by atoms with E-state index in [4.69, 9.17) is 4.74 Å². The molecule has 0 aliphatic rings. The molecule has 18 heavy (non-hydrogen) atoms. The lowest BCUT2D eigenvalue weighted by molar-refractivity contribution is -0.142. The van der Waals surface area contributed by atoms with Crippen LogP contribution < -0.4 is 0 Å². The van der Waals surface area contributed by atoms with Crippen molar-refractivity contribution in [3.63, 3.8) is 0 Å². The molecule has 0 amide bonds. The van der Waals surface area contributed by atoms with Gasteiger partial charge in [-0.3, -0.25) is 4.79 Å². The van der Waals surface area contributed by atoms with Gasteiger partial charge in [-0.05, 0) is 18.8 Å². The maximum Gasteiger partial charge on any atom is 0.330 e. The van der Waals surface area contributed by atoms with Gasteiger partial charge < -0.3 is 9.47 Å². The monoisotopic (exact) mass is 258 g/mol. The maximum absolute atomic E-state index is 10.6. The molecule has 0 aliphatic carbocycles. The molecular weight excluding hydrogens is 232 g/mol. The van der Waals surface area contributed by atoms with Crippen LogP contribution in [0.5, 0.6) is 0 Å². The number of carbonyl (C=O) groups excluding carboxylic acids is 2. The van der Waals surface area contributed by atoms with Gasteiger partial charge in [-0.1, -0.05) is 33.8 Å². The van der Waals surface area contributed by atoms with E-state index in [-0.39, 0.29) is 11.9 Å². The Morgan fingerprint density at radius 3 is 1.72 bits per heavy atom. The SMILES string of the molecule is C/C=C\C(=O)OCC(C)C.CC(=O)OCC(C)C. The van der Waals surface area contributed by atoms with Crippen molar-refractivity contribution in [3.05, 3.63) is 12.2 Å². The zero-order chi connectivity index (χ0) is 14.6. The largest absolute Gasteiger partial charge is 0.466 e. The van der Waals surface area contributed by atoms with Crippen molar-refractivity contribution in [2.75, 3.05) is 13.2 Å². The molecular formula is C14H26O4. The van der Waals surface area contributed by atoms with Gasteiger partial charge >= 0.3 is 11.9 Å². The van der Waals surface area contributed by atoms with Crippen LogP contribution in [0.1, 0.15) is 41.5 Å². The second kappa shape index (κ2) is 12.1. The van der Waals surface area contributed by atoms with Crippen molar-refractivity contribution in [1.82, 2.24) is 0 Å². The first-order chi connectivity index (χ1) is 8.29. The average molecular weight is 258 g/mol. The first-order valence-electron chi connectivity index (χ1n) is 6.22. The smallest absolute Gasteiger partial charge is 0.330 e. The Hall–Kier alpha value is -1.32. The van der Waals surface area contributed by atoms with Crippen LogP contribution in [0.4, 0.5) is 0 Å². The molecule has 106 valence electrons. The zero-order valence-electron chi connectivity index (χ0n) is 12.4. The maximum atomic E-state index is 10.6. The quantitative estimate of drug-likeness (QED) is 0.562. The highest BCUT2D eigenvalue weighted by Gasteiger charge is 1.97. The van der Waals surface area contributed by atoms with Crippen LogP contribution >= 0.6 is 0 Å². The van der Waals surface area contributed by atoms with E-state index in [1.807, 2.05) is 27.7 Å². The topological polar surface area (TPSA) is 52.6 Å². The van der Waals surface area contributed by atoms with Crippen molar-refractivity contribution in [2.45, 2.75) is 41.5 Å². The molecule has 0 rings (SSSR count). The van der Waals surface area contributed by atoms with Gasteiger partial charge in [0.2, 0.25) is 0 Å². The van der Waals surface area contributed by atoms with Crippen molar-refractivity contribution in [3.8, 4) is 0 Å². The lowest BCUT2D eigenvalue weighted by atomic mass is 10.2. The Bertz CT molecular complexity index is 255. The van der Waals surface area contributed by atoms with Crippen molar-refractivity contribution < 1.29 is 19.1 Å². The minimum atomic E-state index is -0.254. The molecule has 0 heterocycles. The summed E-state index contributed by atoms with van der Waals surface area (Å²) in [7, 11) is 0. The predicted molar refractivity (Wildman–Crippen MR) is 72.1 cm³/mol. The Labute approximate surface area is 110 Å². The van der Waals surface area contributed by atoms with Crippen LogP contribution in [0, 0.1) is 11.8 Å². The van der Waals surface area contributed by atoms with Gasteiger partial charge in [0.15, 0.2) is 0 Å². The summed E-state index contributed by atoms with van der Waals surface area (Å²) in [6.45, 7) is 12.3. The second-order valence-corrected chi connectivity index (χ2v) is 4.72. The molecule has 0 spiro atoms. The molecule has 0 radical (unpaired) electrons. The minimum absolute atomic E-state index is 0.196. The summed E-state index contributed by atoms with van der Waals surface area (Å²) >= 11 is 0. The fraction of sp³-hybridized carbons (Fsp3) is 0.714. The summed E-state index contributed by atoms with van der Waals surface area (Å²) < 4.78 is 9.48. The fourth-order valence-corrected chi connectivity index (χ4v) is 0.717. The lowest BCUT2D eigenvalue weighted by Crippen LogP contribution is -2.06. The number of carbonyl (C=O) groups is 2. The summed E-state index contributed by atoms with van der Waals surface area (Å²) in [5.41, 5.74) is 0. The number of ether oxygens (including phenoxy) is 2. The molecule has 0 saturated heterocycles. The van der Waals surface area contributed by atoms with E-state index in [9.17, 15) is 9.59 Å². The first-order valence-corrected chi connectivity index (χ1v) is 6.22. The third kappa shape index (κ3) is 20.1. The highest BCUT2D eigenvalue weighted by Crippen LogP contribution is 1.93. The Kier molecular flexibility index (Phi) is 12.8. The van der Waals surface area contributed by atoms with Crippen LogP contribution in [-0.4, -0.2) is 25.2 Å². The van der Waals surface area contributed by atoms with Gasteiger partial charge in [-0.2, -0.15) is 0 Å². The molecule has 0 atom stereocenters. The third-order valence-electron chi connectivity index (χ3n) is 1.48. The fourth-order valence-electron chi connectivity index (χ4n) is 0.717. The number of hydrogen-bond donors (Lipinski definition) is 0. The van der Waals surface area contributed by atoms with Crippen molar-refractivity contribution >= 4 is 11.9 Å². The molecule has 0 aromatic heterocycles. The molecule has 0 bridgehead atoms. The van der Waals surface area contributed by atoms with E-state index >= 15 is 0 Å². The average Bonchev–Trinajstić information content (AvgIpc) is 2.25. The third-order valence-corrected chi connectivity index (χ3v) is 1.48. The van der Waals surface area contributed by atoms with Crippen LogP contribution in [-0.2, 0) is 19.1 Å². The van der Waals surface area contributed by atoms with E-state index in [0.29, 0.717) is 25.0 Å². The van der Waals surface area contributed by atoms with E-state index in [2.05, 4.69) is 4.74 Å². The summed E-state index contributed by atoms with van der Waals surface area (Å²) in [5, 5.41) is 0. The zero-order valence-corrected chi connectivity index (χ0v) is 12.4. The standard InChI is InChI=1S/C8H14O2.C6H12O2/c1-4-5-8(9)10-6-7(2)3;1-5(2)4-8-6(3)7/h4-5,7H,6H2,1-3H3;5H,4H2,1-3H3/b5-4-;. The summed E-state index contributed by atoms with van der Waals surface area (Å²) in [4.78, 5) is 20.8. The van der Waals surface area contributed by atoms with E-state index < -0.39 is 0 Å². The number of allylic oxidation sites excluding steroid dienone is 1. The predicted octanol–water partition coefficient (Wildman–Crippen LogP) is 2.97. The van der Waals surface area contributed by atoms with Crippen LogP contribution in [0.2, 0.25) is 0 Å². The Morgan fingerprint density at radius 2 is 1.44 bits per heavy atom. The van der Waals surface area contributed by atoms with E-state index in [1.54, 1.807) is 13.0 Å². The lowest BCUT2D eigenvalue weighted by Gasteiger charge is -2.03. The highest BCUT2D eigenvalue weighted by molar-refractivity contribution is 5.81.